The van der Waals surface area contributed by atoms with E-state index in [1.807, 2.05) is 39.6 Å². The Kier molecular flexibility index (Phi) is 14.1. The van der Waals surface area contributed by atoms with E-state index >= 15 is 0 Å². The monoisotopic (exact) mass is 696 g/mol. The number of hydrogen-bond donors (Lipinski definition) is 0. The smallest absolute Gasteiger partial charge is 0.0240 e. The minimum atomic E-state index is 0. The maximum atomic E-state index is 3.48. The van der Waals surface area contributed by atoms with Crippen molar-refractivity contribution in [1.82, 2.24) is 0 Å². The van der Waals surface area contributed by atoms with E-state index in [0.29, 0.717) is 0 Å². The number of halogens is 2. The summed E-state index contributed by atoms with van der Waals surface area (Å²) in [7, 11) is 0. The van der Waals surface area contributed by atoms with E-state index in [4.69, 9.17) is 0 Å². The predicted octanol–water partition coefficient (Wildman–Crippen LogP) is 5.42. The summed E-state index contributed by atoms with van der Waals surface area (Å²) in [5.74, 6) is 2.15. The second-order valence-corrected chi connectivity index (χ2v) is 14.4. The largest absolute Gasteiger partial charge is 0.214 e. The molecule has 8 rings (SSSR count). The van der Waals surface area contributed by atoms with Gasteiger partial charge in [-0.2, -0.15) is 18.2 Å². The molecule has 0 N–H and O–H groups in total. The van der Waals surface area contributed by atoms with E-state index in [2.05, 4.69) is 66.7 Å². The first kappa shape index (κ1) is 34.9. The van der Waals surface area contributed by atoms with Crippen LogP contribution in [-0.4, -0.2) is 3.21 Å². The molecule has 0 saturated heterocycles. The van der Waals surface area contributed by atoms with Gasteiger partial charge in [0.1, 0.15) is 0 Å². The number of fused-ring (bicyclic) bond motifs is 8. The summed E-state index contributed by atoms with van der Waals surface area (Å²) in [5.41, 5.74) is 5.67. The molecule has 0 nitrogen and oxygen atoms in total. The zero-order chi connectivity index (χ0) is 28.6. The van der Waals surface area contributed by atoms with Crippen LogP contribution < -0.4 is 24.8 Å². The van der Waals surface area contributed by atoms with Crippen molar-refractivity contribution in [2.45, 2.75) is 83.5 Å². The van der Waals surface area contributed by atoms with Gasteiger partial charge in [-0.15, -0.1) is 40.6 Å². The van der Waals surface area contributed by atoms with Crippen LogP contribution in [-0.2, 0) is 30.7 Å². The summed E-state index contributed by atoms with van der Waals surface area (Å²) >= 11 is 1.75. The average Bonchev–Trinajstić information content (AvgIpc) is 3.75. The molecule has 5 aromatic rings. The topological polar surface area (TPSA) is 0 Å². The summed E-state index contributed by atoms with van der Waals surface area (Å²) in [6, 6.07) is 37.3. The molecular weight excluding hydrogens is 655 g/mol. The van der Waals surface area contributed by atoms with E-state index in [-0.39, 0.29) is 24.8 Å². The quantitative estimate of drug-likeness (QED) is 0.171. The Bertz CT molecular complexity index is 1550. The van der Waals surface area contributed by atoms with E-state index in [9.17, 15) is 0 Å². The molecule has 3 aliphatic carbocycles. The Labute approximate surface area is 292 Å². The predicted molar refractivity (Wildman–Crippen MR) is 178 cm³/mol. The molecule has 0 unspecified atom stereocenters. The summed E-state index contributed by atoms with van der Waals surface area (Å²) in [6.45, 7) is 0. The second kappa shape index (κ2) is 17.7. The van der Waals surface area contributed by atoms with Gasteiger partial charge in [0.25, 0.3) is 0 Å². The zero-order valence-electron chi connectivity index (χ0n) is 25.8. The van der Waals surface area contributed by atoms with Crippen LogP contribution in [0.25, 0.3) is 32.7 Å². The fourth-order valence-corrected chi connectivity index (χ4v) is 9.03. The van der Waals surface area contributed by atoms with E-state index in [1.165, 1.54) is 121 Å². The molecule has 0 amide bonds. The molecule has 0 atom stereocenters. The SMILES string of the molecule is [Cl-].[Cl-].[Zr+2]=[C](CC1CCCCC1)CC1CCCCC1.[c-]1cccc2c1c1c(c3ccccc32)-c2ccccc2C1.c1cc[cH-]c1. The van der Waals surface area contributed by atoms with Crippen LogP contribution in [0.15, 0.2) is 97.1 Å². The molecule has 2 saturated carbocycles. The van der Waals surface area contributed by atoms with Crippen LogP contribution in [0.3, 0.4) is 0 Å². The standard InChI is InChI=1S/C21H13.C15H26.C5H5.2ClH.Zr/c1-2-8-15-14(7-1)13-20-18-11-4-3-9-16(18)17-10-5-6-12-19(17)21(15)20;1-3-8-14(9-4-1)12-7-13-15-10-5-2-6-11-15;1-2-4-5-3-1;;;/h1-10,12H,13H2;14-15H,1-6,8-13H2;1-5H;2*1H;/q-1;;-1;;;+2/p-2. The molecule has 0 aliphatic heterocycles. The fraction of sp³-hybridized carbons (Fsp3) is 0.366. The summed E-state index contributed by atoms with van der Waals surface area (Å²) in [6.07, 6.45) is 19.2. The molecule has 0 aromatic heterocycles. The molecule has 228 valence electrons. The average molecular weight is 699 g/mol. The van der Waals surface area contributed by atoms with Gasteiger partial charge in [-0.05, 0) is 28.5 Å². The fourth-order valence-electron chi connectivity index (χ4n) is 7.61. The van der Waals surface area contributed by atoms with Crippen LogP contribution in [0.1, 0.15) is 88.2 Å². The van der Waals surface area contributed by atoms with Crippen molar-refractivity contribution in [3.63, 3.8) is 0 Å². The van der Waals surface area contributed by atoms with Gasteiger partial charge in [0.2, 0.25) is 0 Å². The van der Waals surface area contributed by atoms with Crippen LogP contribution >= 0.6 is 0 Å². The van der Waals surface area contributed by atoms with E-state index in [0.717, 1.165) is 18.3 Å². The van der Waals surface area contributed by atoms with Gasteiger partial charge in [-0.3, -0.25) is 0 Å². The molecule has 0 radical (unpaired) electrons. The first-order chi connectivity index (χ1) is 20.8. The van der Waals surface area contributed by atoms with Gasteiger partial charge in [0.05, 0.1) is 0 Å². The third kappa shape index (κ3) is 8.66. The first-order valence-corrected chi connectivity index (χ1v) is 17.7. The van der Waals surface area contributed by atoms with Crippen LogP contribution in [0, 0.1) is 17.9 Å². The number of rotatable bonds is 4. The molecule has 2 fully saturated rings. The molecule has 44 heavy (non-hydrogen) atoms. The molecule has 0 spiro atoms. The Morgan fingerprint density at radius 3 is 1.84 bits per heavy atom. The van der Waals surface area contributed by atoms with Crippen molar-refractivity contribution < 1.29 is 49.0 Å². The van der Waals surface area contributed by atoms with Crippen molar-refractivity contribution in [1.29, 1.82) is 0 Å². The van der Waals surface area contributed by atoms with Crippen molar-refractivity contribution in [2.75, 3.05) is 0 Å². The van der Waals surface area contributed by atoms with Gasteiger partial charge in [-0.25, -0.2) is 12.1 Å². The van der Waals surface area contributed by atoms with Crippen molar-refractivity contribution in [3.8, 4) is 11.1 Å². The van der Waals surface area contributed by atoms with Gasteiger partial charge >= 0.3 is 116 Å². The van der Waals surface area contributed by atoms with Crippen molar-refractivity contribution >= 4 is 24.8 Å². The molecule has 3 aliphatic rings. The zero-order valence-corrected chi connectivity index (χ0v) is 29.8. The normalized spacial score (nSPS) is 15.9. The molecular formula is C41H44Cl2Zr-2. The molecule has 0 bridgehead atoms. The van der Waals surface area contributed by atoms with Gasteiger partial charge in [0.15, 0.2) is 0 Å². The third-order valence-corrected chi connectivity index (χ3v) is 10.7. The number of benzene rings is 4. The summed E-state index contributed by atoms with van der Waals surface area (Å²) in [5, 5.41) is 5.30. The van der Waals surface area contributed by atoms with Crippen LogP contribution in [0.4, 0.5) is 0 Å². The van der Waals surface area contributed by atoms with E-state index in [1.54, 1.807) is 24.2 Å². The Morgan fingerprint density at radius 1 is 0.659 bits per heavy atom. The Hall–Kier alpha value is -1.92. The minimum absolute atomic E-state index is 0. The molecule has 5 aromatic carbocycles. The maximum Gasteiger partial charge on any atom is -0.0240 e. The van der Waals surface area contributed by atoms with Crippen LogP contribution in [0.5, 0.6) is 0 Å². The Morgan fingerprint density at radius 2 is 1.23 bits per heavy atom. The van der Waals surface area contributed by atoms with Crippen molar-refractivity contribution in [3.05, 3.63) is 114 Å². The summed E-state index contributed by atoms with van der Waals surface area (Å²) in [4.78, 5) is 0. The van der Waals surface area contributed by atoms with E-state index < -0.39 is 0 Å². The first-order valence-electron chi connectivity index (χ1n) is 16.4. The minimum Gasteiger partial charge on any atom is -0.214 e. The molecule has 3 heteroatoms. The van der Waals surface area contributed by atoms with Gasteiger partial charge in [0, 0.05) is 0 Å². The second-order valence-electron chi connectivity index (χ2n) is 12.7. The van der Waals surface area contributed by atoms with Crippen molar-refractivity contribution in [2.24, 2.45) is 11.8 Å². The molecule has 0 heterocycles. The summed E-state index contributed by atoms with van der Waals surface area (Å²) < 4.78 is 1.91. The van der Waals surface area contributed by atoms with Gasteiger partial charge in [-0.1, -0.05) is 53.9 Å². The van der Waals surface area contributed by atoms with Crippen LogP contribution in [0.2, 0.25) is 0 Å². The third-order valence-electron chi connectivity index (χ3n) is 9.68. The Balaban J connectivity index is 0.000000171. The maximum absolute atomic E-state index is 3.48. The number of hydrogen-bond acceptors (Lipinski definition) is 0. The van der Waals surface area contributed by atoms with Gasteiger partial charge < -0.3 is 24.8 Å².